The number of nitrogens with zero attached hydrogens (tertiary/aromatic N) is 1. The van der Waals surface area contributed by atoms with Crippen LogP contribution < -0.4 is 19.5 Å². The fourth-order valence-corrected chi connectivity index (χ4v) is 3.59. The molecule has 0 fully saturated rings. The zero-order valence-electron chi connectivity index (χ0n) is 18.8. The van der Waals surface area contributed by atoms with Crippen LogP contribution in [0.25, 0.3) is 17.3 Å². The number of rotatable bonds is 10. The minimum Gasteiger partial charge on any atom is -0.494 e. The second kappa shape index (κ2) is 11.3. The minimum atomic E-state index is -0.254. The number of methoxy groups -OCH3 is 1. The Kier molecular flexibility index (Phi) is 8.27. The number of amides is 1. The molecule has 0 aliphatic heterocycles. The summed E-state index contributed by atoms with van der Waals surface area (Å²) in [5.74, 6) is 1.88. The molecule has 7 heteroatoms. The van der Waals surface area contributed by atoms with Gasteiger partial charge in [-0.25, -0.2) is 4.98 Å². The number of ether oxygens (including phenoxy) is 3. The third-order valence-electron chi connectivity index (χ3n) is 4.33. The molecule has 6 nitrogen and oxygen atoms in total. The lowest BCUT2D eigenvalue weighted by Crippen LogP contribution is -2.07. The molecule has 1 aromatic heterocycles. The van der Waals surface area contributed by atoms with Crippen LogP contribution in [-0.2, 0) is 4.79 Å². The first-order valence-electron chi connectivity index (χ1n) is 10.5. The lowest BCUT2D eigenvalue weighted by Gasteiger charge is -2.13. The number of anilines is 1. The van der Waals surface area contributed by atoms with E-state index in [1.165, 1.54) is 17.4 Å². The Morgan fingerprint density at radius 3 is 2.62 bits per heavy atom. The zero-order chi connectivity index (χ0) is 22.9. The van der Waals surface area contributed by atoms with Gasteiger partial charge in [-0.1, -0.05) is 13.0 Å². The molecule has 0 aliphatic rings. The summed E-state index contributed by atoms with van der Waals surface area (Å²) < 4.78 is 16.7. The SMILES string of the molecule is CCCOc1ccc(-c2csc(NC(=O)/C=C/c3ccc(OC(C)C)c(OC)c3)n2)cc1. The van der Waals surface area contributed by atoms with Crippen molar-refractivity contribution in [1.29, 1.82) is 0 Å². The van der Waals surface area contributed by atoms with E-state index in [1.54, 1.807) is 13.2 Å². The Bertz CT molecular complexity index is 1060. The molecule has 0 unspecified atom stereocenters. The van der Waals surface area contributed by atoms with Crippen molar-refractivity contribution >= 4 is 28.5 Å². The highest BCUT2D eigenvalue weighted by molar-refractivity contribution is 7.14. The molecule has 0 saturated carbocycles. The van der Waals surface area contributed by atoms with Gasteiger partial charge in [0.15, 0.2) is 16.6 Å². The molecule has 0 saturated heterocycles. The average molecular weight is 453 g/mol. The van der Waals surface area contributed by atoms with Crippen LogP contribution in [0.3, 0.4) is 0 Å². The number of nitrogens with one attached hydrogen (secondary N) is 1. The van der Waals surface area contributed by atoms with Crippen LogP contribution in [-0.4, -0.2) is 30.7 Å². The lowest BCUT2D eigenvalue weighted by atomic mass is 10.2. The standard InChI is InChI=1S/C25H28N2O4S/c1-5-14-30-20-10-8-19(9-11-20)21-16-32-25(26-21)27-24(28)13-7-18-6-12-22(31-17(2)3)23(15-18)29-4/h6-13,15-17H,5,14H2,1-4H3,(H,26,27,28)/b13-7+. The normalized spacial score (nSPS) is 11.0. The van der Waals surface area contributed by atoms with E-state index in [4.69, 9.17) is 14.2 Å². The summed E-state index contributed by atoms with van der Waals surface area (Å²) in [4.78, 5) is 16.8. The van der Waals surface area contributed by atoms with Gasteiger partial charge < -0.3 is 14.2 Å². The summed E-state index contributed by atoms with van der Waals surface area (Å²) in [5, 5.41) is 5.27. The maximum atomic E-state index is 12.3. The predicted molar refractivity (Wildman–Crippen MR) is 130 cm³/mol. The molecule has 32 heavy (non-hydrogen) atoms. The molecule has 3 aromatic rings. The van der Waals surface area contributed by atoms with Gasteiger partial charge >= 0.3 is 0 Å². The van der Waals surface area contributed by atoms with Gasteiger partial charge in [-0.15, -0.1) is 11.3 Å². The van der Waals surface area contributed by atoms with Gasteiger partial charge in [-0.2, -0.15) is 0 Å². The molecule has 2 aromatic carbocycles. The topological polar surface area (TPSA) is 69.7 Å². The van der Waals surface area contributed by atoms with Gasteiger partial charge in [0.2, 0.25) is 5.91 Å². The Morgan fingerprint density at radius 1 is 1.16 bits per heavy atom. The number of aromatic nitrogens is 1. The summed E-state index contributed by atoms with van der Waals surface area (Å²) >= 11 is 1.38. The molecule has 1 amide bonds. The molecular weight excluding hydrogens is 424 g/mol. The van der Waals surface area contributed by atoms with Crippen LogP contribution in [0.4, 0.5) is 5.13 Å². The monoisotopic (exact) mass is 452 g/mol. The summed E-state index contributed by atoms with van der Waals surface area (Å²) in [5.41, 5.74) is 2.61. The molecule has 1 heterocycles. The first-order chi connectivity index (χ1) is 15.5. The van der Waals surface area contributed by atoms with E-state index in [9.17, 15) is 4.79 Å². The number of carbonyl (C=O) groups excluding carboxylic acids is 1. The third kappa shape index (κ3) is 6.59. The van der Waals surface area contributed by atoms with Crippen LogP contribution in [0.5, 0.6) is 17.2 Å². The third-order valence-corrected chi connectivity index (χ3v) is 5.09. The summed E-state index contributed by atoms with van der Waals surface area (Å²) in [6.07, 6.45) is 4.21. The van der Waals surface area contributed by atoms with Crippen LogP contribution >= 0.6 is 11.3 Å². The summed E-state index contributed by atoms with van der Waals surface area (Å²) in [6, 6.07) is 13.3. The maximum Gasteiger partial charge on any atom is 0.250 e. The molecule has 0 bridgehead atoms. The lowest BCUT2D eigenvalue weighted by molar-refractivity contribution is -0.111. The van der Waals surface area contributed by atoms with Crippen molar-refractivity contribution in [3.8, 4) is 28.5 Å². The highest BCUT2D eigenvalue weighted by Gasteiger charge is 2.09. The van der Waals surface area contributed by atoms with Crippen molar-refractivity contribution in [2.75, 3.05) is 19.0 Å². The number of hydrogen-bond donors (Lipinski definition) is 1. The molecule has 0 atom stereocenters. The number of hydrogen-bond acceptors (Lipinski definition) is 6. The van der Waals surface area contributed by atoms with E-state index < -0.39 is 0 Å². The Labute approximate surface area is 192 Å². The van der Waals surface area contributed by atoms with Crippen molar-refractivity contribution in [3.05, 3.63) is 59.5 Å². The second-order valence-electron chi connectivity index (χ2n) is 7.31. The van der Waals surface area contributed by atoms with Crippen molar-refractivity contribution < 1.29 is 19.0 Å². The Morgan fingerprint density at radius 2 is 1.94 bits per heavy atom. The fraction of sp³-hybridized carbons (Fsp3) is 0.280. The van der Waals surface area contributed by atoms with Gasteiger partial charge in [0.1, 0.15) is 5.75 Å². The predicted octanol–water partition coefficient (Wildman–Crippen LogP) is 6.05. The van der Waals surface area contributed by atoms with Crippen LogP contribution in [0.1, 0.15) is 32.8 Å². The zero-order valence-corrected chi connectivity index (χ0v) is 19.6. The molecule has 3 rings (SSSR count). The van der Waals surface area contributed by atoms with E-state index >= 15 is 0 Å². The van der Waals surface area contributed by atoms with Crippen LogP contribution in [0, 0.1) is 0 Å². The van der Waals surface area contributed by atoms with Crippen molar-refractivity contribution in [1.82, 2.24) is 4.98 Å². The fourth-order valence-electron chi connectivity index (χ4n) is 2.86. The second-order valence-corrected chi connectivity index (χ2v) is 8.17. The first-order valence-corrected chi connectivity index (χ1v) is 11.4. The highest BCUT2D eigenvalue weighted by Crippen LogP contribution is 2.30. The van der Waals surface area contributed by atoms with E-state index in [0.29, 0.717) is 23.2 Å². The van der Waals surface area contributed by atoms with E-state index in [-0.39, 0.29) is 12.0 Å². The number of benzene rings is 2. The molecule has 0 aliphatic carbocycles. The van der Waals surface area contributed by atoms with Crippen molar-refractivity contribution in [2.24, 2.45) is 0 Å². The summed E-state index contributed by atoms with van der Waals surface area (Å²) in [6.45, 7) is 6.68. The highest BCUT2D eigenvalue weighted by atomic mass is 32.1. The minimum absolute atomic E-state index is 0.0478. The van der Waals surface area contributed by atoms with E-state index in [1.807, 2.05) is 61.7 Å². The largest absolute Gasteiger partial charge is 0.494 e. The average Bonchev–Trinajstić information content (AvgIpc) is 3.25. The maximum absolute atomic E-state index is 12.3. The first kappa shape index (κ1) is 23.3. The molecule has 1 N–H and O–H groups in total. The number of thiazole rings is 1. The molecule has 0 radical (unpaired) electrons. The van der Waals surface area contributed by atoms with Crippen molar-refractivity contribution in [2.45, 2.75) is 33.3 Å². The quantitative estimate of drug-likeness (QED) is 0.379. The van der Waals surface area contributed by atoms with Gasteiger partial charge in [0.25, 0.3) is 0 Å². The van der Waals surface area contributed by atoms with Gasteiger partial charge in [0, 0.05) is 17.0 Å². The Balaban J connectivity index is 1.61. The molecular formula is C25H28N2O4S. The molecule has 168 valence electrons. The van der Waals surface area contributed by atoms with E-state index in [2.05, 4.69) is 17.2 Å². The smallest absolute Gasteiger partial charge is 0.250 e. The van der Waals surface area contributed by atoms with E-state index in [0.717, 1.165) is 29.0 Å². The molecule has 0 spiro atoms. The summed E-state index contributed by atoms with van der Waals surface area (Å²) in [7, 11) is 1.59. The van der Waals surface area contributed by atoms with Crippen LogP contribution in [0.15, 0.2) is 53.9 Å². The van der Waals surface area contributed by atoms with Gasteiger partial charge in [-0.3, -0.25) is 10.1 Å². The van der Waals surface area contributed by atoms with Crippen LogP contribution in [0.2, 0.25) is 0 Å². The van der Waals surface area contributed by atoms with Gasteiger partial charge in [-0.05, 0) is 68.3 Å². The van der Waals surface area contributed by atoms with Crippen molar-refractivity contribution in [3.63, 3.8) is 0 Å². The number of carbonyl (C=O) groups is 1. The Hall–Kier alpha value is -3.32. The van der Waals surface area contributed by atoms with Gasteiger partial charge in [0.05, 0.1) is 25.5 Å².